The van der Waals surface area contributed by atoms with Gasteiger partial charge in [-0.3, -0.25) is 4.79 Å². The Balaban J connectivity index is 2.32. The molecule has 1 aromatic rings. The molecule has 1 aliphatic carbocycles. The Kier molecular flexibility index (Phi) is 4.39. The van der Waals surface area contributed by atoms with Crippen molar-refractivity contribution in [3.8, 4) is 0 Å². The summed E-state index contributed by atoms with van der Waals surface area (Å²) in [5.74, 6) is 0.824. The van der Waals surface area contributed by atoms with Gasteiger partial charge in [-0.1, -0.05) is 39.7 Å². The van der Waals surface area contributed by atoms with Crippen molar-refractivity contribution in [1.82, 2.24) is 0 Å². The molecular formula is C16H19BrO. The summed E-state index contributed by atoms with van der Waals surface area (Å²) in [6.45, 7) is 4.22. The first kappa shape index (κ1) is 13.5. The molecule has 0 radical (unpaired) electrons. The highest BCUT2D eigenvalue weighted by Gasteiger charge is 2.31. The van der Waals surface area contributed by atoms with Gasteiger partial charge >= 0.3 is 0 Å². The van der Waals surface area contributed by atoms with E-state index in [4.69, 9.17) is 0 Å². The lowest BCUT2D eigenvalue weighted by molar-refractivity contribution is -0.122. The average molecular weight is 307 g/mol. The first-order valence-corrected chi connectivity index (χ1v) is 7.30. The lowest BCUT2D eigenvalue weighted by atomic mass is 9.74. The van der Waals surface area contributed by atoms with E-state index in [2.05, 4.69) is 48.0 Å². The molecule has 0 bridgehead atoms. The Bertz CT molecular complexity index is 454. The maximum atomic E-state index is 12.2. The normalized spacial score (nSPS) is 23.8. The molecule has 96 valence electrons. The third-order valence-corrected chi connectivity index (χ3v) is 4.04. The van der Waals surface area contributed by atoms with Crippen molar-refractivity contribution in [2.75, 3.05) is 0 Å². The van der Waals surface area contributed by atoms with Crippen LogP contribution in [0.4, 0.5) is 0 Å². The molecule has 0 spiro atoms. The van der Waals surface area contributed by atoms with Gasteiger partial charge in [0.2, 0.25) is 0 Å². The molecule has 1 saturated carbocycles. The van der Waals surface area contributed by atoms with Gasteiger partial charge in [0, 0.05) is 16.8 Å². The third kappa shape index (κ3) is 3.11. The minimum atomic E-state index is 0.0572. The maximum Gasteiger partial charge on any atom is 0.140 e. The van der Waals surface area contributed by atoms with E-state index in [1.165, 1.54) is 5.57 Å². The van der Waals surface area contributed by atoms with Gasteiger partial charge in [0.05, 0.1) is 0 Å². The van der Waals surface area contributed by atoms with Crippen LogP contribution in [0, 0.1) is 5.92 Å². The van der Waals surface area contributed by atoms with Gasteiger partial charge in [-0.25, -0.2) is 0 Å². The minimum absolute atomic E-state index is 0.0572. The first-order chi connectivity index (χ1) is 8.58. The highest BCUT2D eigenvalue weighted by atomic mass is 79.9. The Morgan fingerprint density at radius 3 is 2.56 bits per heavy atom. The molecule has 2 heteroatoms. The van der Waals surface area contributed by atoms with Crippen LogP contribution in [-0.4, -0.2) is 5.78 Å². The zero-order chi connectivity index (χ0) is 13.1. The predicted octanol–water partition coefficient (Wildman–Crippen LogP) is 4.87. The molecular weight excluding hydrogens is 288 g/mol. The van der Waals surface area contributed by atoms with Crippen molar-refractivity contribution in [3.63, 3.8) is 0 Å². The fraction of sp³-hybridized carbons (Fsp3) is 0.438. The second kappa shape index (κ2) is 5.83. The number of hydrogen-bond acceptors (Lipinski definition) is 1. The molecule has 0 aliphatic heterocycles. The van der Waals surface area contributed by atoms with Crippen molar-refractivity contribution >= 4 is 21.7 Å². The molecule has 0 aromatic heterocycles. The van der Waals surface area contributed by atoms with Gasteiger partial charge in [0.25, 0.3) is 0 Å². The van der Waals surface area contributed by atoms with Gasteiger partial charge in [0.15, 0.2) is 0 Å². The quantitative estimate of drug-likeness (QED) is 0.713. The van der Waals surface area contributed by atoms with Gasteiger partial charge in [-0.05, 0) is 50.3 Å². The molecule has 0 amide bonds. The minimum Gasteiger partial charge on any atom is -0.299 e. The molecule has 0 heterocycles. The van der Waals surface area contributed by atoms with E-state index < -0.39 is 0 Å². The summed E-state index contributed by atoms with van der Waals surface area (Å²) in [5.41, 5.74) is 2.46. The van der Waals surface area contributed by atoms with E-state index >= 15 is 0 Å². The van der Waals surface area contributed by atoms with Gasteiger partial charge < -0.3 is 0 Å². The molecule has 0 saturated heterocycles. The van der Waals surface area contributed by atoms with Crippen LogP contribution in [-0.2, 0) is 4.79 Å². The van der Waals surface area contributed by atoms with Crippen LogP contribution >= 0.6 is 15.9 Å². The van der Waals surface area contributed by atoms with Gasteiger partial charge in [-0.15, -0.1) is 0 Å². The number of ketones is 1. The zero-order valence-corrected chi connectivity index (χ0v) is 12.5. The zero-order valence-electron chi connectivity index (χ0n) is 10.9. The number of rotatable bonds is 2. The topological polar surface area (TPSA) is 17.1 Å². The Hall–Kier alpha value is -0.890. The second-order valence-electron chi connectivity index (χ2n) is 5.30. The fourth-order valence-electron chi connectivity index (χ4n) is 2.78. The van der Waals surface area contributed by atoms with Gasteiger partial charge in [-0.2, -0.15) is 0 Å². The predicted molar refractivity (Wildman–Crippen MR) is 78.7 cm³/mol. The largest absolute Gasteiger partial charge is 0.299 e. The summed E-state index contributed by atoms with van der Waals surface area (Å²) in [6.07, 6.45) is 5.15. The molecule has 1 aliphatic rings. The molecule has 2 rings (SSSR count). The standard InChI is InChI=1S/C16H19BrO/c1-11(2)10-13-4-3-5-15(18)16(13)12-6-8-14(17)9-7-12/h6-10,13,16H,3-5H2,1-2H3. The number of allylic oxidation sites excluding steroid dienone is 2. The molecule has 1 nitrogen and oxygen atoms in total. The Labute approximate surface area is 117 Å². The fourth-order valence-corrected chi connectivity index (χ4v) is 3.05. The first-order valence-electron chi connectivity index (χ1n) is 6.51. The molecule has 1 fully saturated rings. The van der Waals surface area contributed by atoms with Gasteiger partial charge in [0.1, 0.15) is 5.78 Å². The van der Waals surface area contributed by atoms with Crippen LogP contribution in [0.5, 0.6) is 0 Å². The van der Waals surface area contributed by atoms with Crippen molar-refractivity contribution in [2.45, 2.75) is 39.0 Å². The average Bonchev–Trinajstić information content (AvgIpc) is 2.30. The molecule has 2 atom stereocenters. The van der Waals surface area contributed by atoms with E-state index in [-0.39, 0.29) is 5.92 Å². The van der Waals surface area contributed by atoms with Crippen LogP contribution in [0.15, 0.2) is 40.4 Å². The van der Waals surface area contributed by atoms with Crippen LogP contribution < -0.4 is 0 Å². The number of hydrogen-bond donors (Lipinski definition) is 0. The van der Waals surface area contributed by atoms with Crippen molar-refractivity contribution in [3.05, 3.63) is 46.0 Å². The monoisotopic (exact) mass is 306 g/mol. The van der Waals surface area contributed by atoms with E-state index in [9.17, 15) is 4.79 Å². The van der Waals surface area contributed by atoms with Crippen LogP contribution in [0.2, 0.25) is 0 Å². The van der Waals surface area contributed by atoms with Crippen molar-refractivity contribution in [1.29, 1.82) is 0 Å². The summed E-state index contributed by atoms with van der Waals surface area (Å²) in [4.78, 5) is 12.2. The lowest BCUT2D eigenvalue weighted by Crippen LogP contribution is -2.25. The molecule has 1 aromatic carbocycles. The molecule has 0 N–H and O–H groups in total. The number of benzene rings is 1. The number of Topliss-reactive ketones (excluding diaryl/α,β-unsaturated/α-hetero) is 1. The lowest BCUT2D eigenvalue weighted by Gasteiger charge is -2.29. The molecule has 18 heavy (non-hydrogen) atoms. The summed E-state index contributed by atoms with van der Waals surface area (Å²) in [6, 6.07) is 8.20. The van der Waals surface area contributed by atoms with E-state index in [0.717, 1.165) is 29.3 Å². The highest BCUT2D eigenvalue weighted by Crippen LogP contribution is 2.37. The number of halogens is 1. The molecule has 2 unspecified atom stereocenters. The maximum absolute atomic E-state index is 12.2. The highest BCUT2D eigenvalue weighted by molar-refractivity contribution is 9.10. The number of carbonyl (C=O) groups excluding carboxylic acids is 1. The Morgan fingerprint density at radius 2 is 1.94 bits per heavy atom. The van der Waals surface area contributed by atoms with Crippen molar-refractivity contribution in [2.24, 2.45) is 5.92 Å². The van der Waals surface area contributed by atoms with Crippen LogP contribution in [0.3, 0.4) is 0 Å². The smallest absolute Gasteiger partial charge is 0.140 e. The van der Waals surface area contributed by atoms with Crippen LogP contribution in [0.25, 0.3) is 0 Å². The van der Waals surface area contributed by atoms with Crippen molar-refractivity contribution < 1.29 is 4.79 Å². The van der Waals surface area contributed by atoms with Crippen LogP contribution in [0.1, 0.15) is 44.6 Å². The van der Waals surface area contributed by atoms with E-state index in [1.54, 1.807) is 0 Å². The summed E-state index contributed by atoms with van der Waals surface area (Å²) in [7, 11) is 0. The third-order valence-electron chi connectivity index (χ3n) is 3.51. The Morgan fingerprint density at radius 1 is 1.28 bits per heavy atom. The van der Waals surface area contributed by atoms with E-state index in [0.29, 0.717) is 11.7 Å². The summed E-state index contributed by atoms with van der Waals surface area (Å²) < 4.78 is 1.06. The summed E-state index contributed by atoms with van der Waals surface area (Å²) >= 11 is 3.44. The second-order valence-corrected chi connectivity index (χ2v) is 6.21. The number of carbonyl (C=O) groups is 1. The van der Waals surface area contributed by atoms with E-state index in [1.807, 2.05) is 12.1 Å². The summed E-state index contributed by atoms with van der Waals surface area (Å²) in [5, 5.41) is 0. The SMILES string of the molecule is CC(C)=CC1CCCC(=O)C1c1ccc(Br)cc1.